The van der Waals surface area contributed by atoms with Crippen molar-refractivity contribution in [1.82, 2.24) is 10.6 Å². The van der Waals surface area contributed by atoms with Crippen molar-refractivity contribution in [3.63, 3.8) is 0 Å². The third-order valence-corrected chi connectivity index (χ3v) is 4.73. The zero-order valence-electron chi connectivity index (χ0n) is 14.0. The molecule has 2 aromatic carbocycles. The second kappa shape index (κ2) is 7.15. The van der Waals surface area contributed by atoms with Crippen LogP contribution in [0.5, 0.6) is 11.5 Å². The van der Waals surface area contributed by atoms with Crippen molar-refractivity contribution in [2.75, 3.05) is 13.2 Å². The van der Waals surface area contributed by atoms with E-state index < -0.39 is 0 Å². The van der Waals surface area contributed by atoms with Gasteiger partial charge in [0.2, 0.25) is 5.91 Å². The van der Waals surface area contributed by atoms with Crippen molar-refractivity contribution in [3.05, 3.63) is 59.7 Å². The van der Waals surface area contributed by atoms with E-state index >= 15 is 0 Å². The average Bonchev–Trinajstić information content (AvgIpc) is 2.67. The summed E-state index contributed by atoms with van der Waals surface area (Å²) in [7, 11) is 0. The molecule has 2 atom stereocenters. The third-order valence-electron chi connectivity index (χ3n) is 4.73. The van der Waals surface area contributed by atoms with E-state index in [-0.39, 0.29) is 18.0 Å². The van der Waals surface area contributed by atoms with Crippen LogP contribution in [0.1, 0.15) is 30.0 Å². The van der Waals surface area contributed by atoms with E-state index in [2.05, 4.69) is 28.8 Å². The Kier molecular flexibility index (Phi) is 4.57. The number of amides is 1. The number of hydrogen-bond donors (Lipinski definition) is 2. The van der Waals surface area contributed by atoms with Gasteiger partial charge in [0.15, 0.2) is 11.5 Å². The van der Waals surface area contributed by atoms with Gasteiger partial charge in [-0.05, 0) is 29.7 Å². The Hall–Kier alpha value is -2.53. The number of piperidine rings is 1. The molecule has 130 valence electrons. The van der Waals surface area contributed by atoms with E-state index in [9.17, 15) is 4.79 Å². The highest BCUT2D eigenvalue weighted by molar-refractivity contribution is 5.77. The standard InChI is InChI=1S/C20H22N2O3/c23-19-9-7-16(20(22-19)15-4-2-1-3-5-15)21-13-14-6-8-17-18(12-14)25-11-10-24-17/h1-6,8,12,16,20-21H,7,9-11,13H2,(H,22,23)/t16-,20+/m1/s1. The van der Waals surface area contributed by atoms with E-state index in [1.54, 1.807) is 0 Å². The second-order valence-electron chi connectivity index (χ2n) is 6.46. The van der Waals surface area contributed by atoms with E-state index in [4.69, 9.17) is 9.47 Å². The molecule has 0 unspecified atom stereocenters. The number of fused-ring (bicyclic) bond motifs is 1. The molecule has 1 saturated heterocycles. The summed E-state index contributed by atoms with van der Waals surface area (Å²) in [6.45, 7) is 1.92. The molecule has 2 heterocycles. The zero-order valence-corrected chi connectivity index (χ0v) is 14.0. The smallest absolute Gasteiger partial charge is 0.220 e. The normalized spacial score (nSPS) is 22.3. The molecule has 2 aliphatic heterocycles. The molecule has 0 aromatic heterocycles. The molecule has 0 saturated carbocycles. The van der Waals surface area contributed by atoms with Gasteiger partial charge in [-0.3, -0.25) is 4.79 Å². The van der Waals surface area contributed by atoms with Gasteiger partial charge in [-0.1, -0.05) is 36.4 Å². The van der Waals surface area contributed by atoms with Crippen molar-refractivity contribution in [3.8, 4) is 11.5 Å². The lowest BCUT2D eigenvalue weighted by Crippen LogP contribution is -2.48. The molecular formula is C20H22N2O3. The minimum Gasteiger partial charge on any atom is -0.486 e. The summed E-state index contributed by atoms with van der Waals surface area (Å²) < 4.78 is 11.2. The van der Waals surface area contributed by atoms with Gasteiger partial charge in [0.1, 0.15) is 13.2 Å². The largest absolute Gasteiger partial charge is 0.486 e. The summed E-state index contributed by atoms with van der Waals surface area (Å²) in [5, 5.41) is 6.73. The Morgan fingerprint density at radius 3 is 2.68 bits per heavy atom. The van der Waals surface area contributed by atoms with E-state index in [1.807, 2.05) is 30.3 Å². The van der Waals surface area contributed by atoms with Crippen molar-refractivity contribution >= 4 is 5.91 Å². The molecule has 0 spiro atoms. The summed E-state index contributed by atoms with van der Waals surface area (Å²) in [5.74, 6) is 1.73. The molecule has 0 aliphatic carbocycles. The molecule has 2 aromatic rings. The average molecular weight is 338 g/mol. The third kappa shape index (κ3) is 3.61. The predicted octanol–water partition coefficient (Wildman–Crippen LogP) is 2.57. The summed E-state index contributed by atoms with van der Waals surface area (Å²) >= 11 is 0. The number of carbonyl (C=O) groups excluding carboxylic acids is 1. The summed E-state index contributed by atoms with van der Waals surface area (Å²) in [6, 6.07) is 16.4. The molecule has 4 rings (SSSR count). The second-order valence-corrected chi connectivity index (χ2v) is 6.46. The van der Waals surface area contributed by atoms with Crippen LogP contribution in [0.2, 0.25) is 0 Å². The number of nitrogens with one attached hydrogen (secondary N) is 2. The van der Waals surface area contributed by atoms with Crippen LogP contribution in [0, 0.1) is 0 Å². The molecule has 5 heteroatoms. The van der Waals surface area contributed by atoms with Gasteiger partial charge in [-0.2, -0.15) is 0 Å². The van der Waals surface area contributed by atoms with Gasteiger partial charge in [0, 0.05) is 19.0 Å². The first-order chi connectivity index (χ1) is 12.3. The van der Waals surface area contributed by atoms with Crippen molar-refractivity contribution in [2.24, 2.45) is 0 Å². The summed E-state index contributed by atoms with van der Waals surface area (Å²) in [4.78, 5) is 11.9. The Labute approximate surface area is 147 Å². The van der Waals surface area contributed by atoms with E-state index in [1.165, 1.54) is 0 Å². The van der Waals surface area contributed by atoms with Crippen LogP contribution >= 0.6 is 0 Å². The molecule has 1 fully saturated rings. The summed E-state index contributed by atoms with van der Waals surface area (Å²) in [5.41, 5.74) is 2.28. The van der Waals surface area contributed by atoms with Crippen LogP contribution < -0.4 is 20.1 Å². The number of carbonyl (C=O) groups is 1. The quantitative estimate of drug-likeness (QED) is 0.900. The van der Waals surface area contributed by atoms with Gasteiger partial charge in [-0.15, -0.1) is 0 Å². The highest BCUT2D eigenvalue weighted by Crippen LogP contribution is 2.31. The van der Waals surface area contributed by atoms with Crippen molar-refractivity contribution < 1.29 is 14.3 Å². The molecule has 2 aliphatic rings. The molecular weight excluding hydrogens is 316 g/mol. The first-order valence-corrected chi connectivity index (χ1v) is 8.76. The first-order valence-electron chi connectivity index (χ1n) is 8.76. The maximum atomic E-state index is 11.9. The Morgan fingerprint density at radius 1 is 1.04 bits per heavy atom. The lowest BCUT2D eigenvalue weighted by molar-refractivity contribution is -0.123. The molecule has 1 amide bonds. The van der Waals surface area contributed by atoms with Gasteiger partial charge < -0.3 is 20.1 Å². The van der Waals surface area contributed by atoms with E-state index in [0.29, 0.717) is 19.6 Å². The topological polar surface area (TPSA) is 59.6 Å². The number of ether oxygens (including phenoxy) is 2. The van der Waals surface area contributed by atoms with Crippen LogP contribution in [0.25, 0.3) is 0 Å². The van der Waals surface area contributed by atoms with Crippen LogP contribution in [-0.4, -0.2) is 25.2 Å². The van der Waals surface area contributed by atoms with Gasteiger partial charge in [-0.25, -0.2) is 0 Å². The lowest BCUT2D eigenvalue weighted by atomic mass is 9.92. The molecule has 0 radical (unpaired) electrons. The first kappa shape index (κ1) is 16.0. The zero-order chi connectivity index (χ0) is 17.1. The number of benzene rings is 2. The molecule has 25 heavy (non-hydrogen) atoms. The molecule has 0 bridgehead atoms. The van der Waals surface area contributed by atoms with Crippen LogP contribution in [0.3, 0.4) is 0 Å². The van der Waals surface area contributed by atoms with Crippen LogP contribution in [0.15, 0.2) is 48.5 Å². The lowest BCUT2D eigenvalue weighted by Gasteiger charge is -2.33. The molecule has 2 N–H and O–H groups in total. The van der Waals surface area contributed by atoms with Crippen LogP contribution in [0.4, 0.5) is 0 Å². The van der Waals surface area contributed by atoms with Gasteiger partial charge in [0.25, 0.3) is 0 Å². The fraction of sp³-hybridized carbons (Fsp3) is 0.350. The maximum Gasteiger partial charge on any atom is 0.220 e. The Bertz CT molecular complexity index is 748. The van der Waals surface area contributed by atoms with Crippen molar-refractivity contribution in [2.45, 2.75) is 31.5 Å². The Morgan fingerprint density at radius 2 is 1.84 bits per heavy atom. The fourth-order valence-corrected chi connectivity index (χ4v) is 3.44. The maximum absolute atomic E-state index is 11.9. The van der Waals surface area contributed by atoms with Crippen LogP contribution in [-0.2, 0) is 11.3 Å². The van der Waals surface area contributed by atoms with Gasteiger partial charge >= 0.3 is 0 Å². The molecule has 5 nitrogen and oxygen atoms in total. The minimum atomic E-state index is -0.000314. The van der Waals surface area contributed by atoms with E-state index in [0.717, 1.165) is 35.6 Å². The van der Waals surface area contributed by atoms with Crippen molar-refractivity contribution in [1.29, 1.82) is 0 Å². The Balaban J connectivity index is 1.46. The highest BCUT2D eigenvalue weighted by Gasteiger charge is 2.29. The summed E-state index contributed by atoms with van der Waals surface area (Å²) in [6.07, 6.45) is 1.39. The minimum absolute atomic E-state index is 0.000314. The fourth-order valence-electron chi connectivity index (χ4n) is 3.44. The van der Waals surface area contributed by atoms with Gasteiger partial charge in [0.05, 0.1) is 6.04 Å². The number of hydrogen-bond acceptors (Lipinski definition) is 4. The number of rotatable bonds is 4. The predicted molar refractivity (Wildman–Crippen MR) is 94.6 cm³/mol. The monoisotopic (exact) mass is 338 g/mol. The highest BCUT2D eigenvalue weighted by atomic mass is 16.6. The SMILES string of the molecule is O=C1CC[C@@H](NCc2ccc3c(c2)OCCO3)[C@H](c2ccccc2)N1.